The second-order valence-corrected chi connectivity index (χ2v) is 3.45. The maximum atomic E-state index is 11.8. The van der Waals surface area contributed by atoms with Gasteiger partial charge in [0.1, 0.15) is 11.6 Å². The molecule has 6 nitrogen and oxygen atoms in total. The molecule has 0 atom stereocenters. The third-order valence-electron chi connectivity index (χ3n) is 2.23. The first kappa shape index (κ1) is 14.3. The number of hydrogen-bond acceptors (Lipinski definition) is 5. The van der Waals surface area contributed by atoms with Crippen molar-refractivity contribution in [2.24, 2.45) is 0 Å². The number of rotatable bonds is 4. The van der Waals surface area contributed by atoms with Gasteiger partial charge in [-0.25, -0.2) is 4.79 Å². The van der Waals surface area contributed by atoms with Crippen LogP contribution in [0.5, 0.6) is 0 Å². The van der Waals surface area contributed by atoms with E-state index in [1.165, 1.54) is 19.4 Å². The van der Waals surface area contributed by atoms with E-state index in [2.05, 4.69) is 15.4 Å². The average molecular weight is 259 g/mol. The number of ether oxygens (including phenoxy) is 1. The maximum absolute atomic E-state index is 11.8. The van der Waals surface area contributed by atoms with Gasteiger partial charge in [-0.3, -0.25) is 4.79 Å². The number of nitriles is 1. The summed E-state index contributed by atoms with van der Waals surface area (Å²) in [4.78, 5) is 23.3. The molecule has 0 saturated heterocycles. The van der Waals surface area contributed by atoms with Gasteiger partial charge in [0, 0.05) is 13.2 Å². The number of esters is 1. The predicted molar refractivity (Wildman–Crippen MR) is 69.2 cm³/mol. The van der Waals surface area contributed by atoms with E-state index in [0.717, 1.165) is 0 Å². The van der Waals surface area contributed by atoms with Gasteiger partial charge < -0.3 is 15.4 Å². The zero-order valence-electron chi connectivity index (χ0n) is 10.6. The normalized spacial score (nSPS) is 10.3. The Labute approximate surface area is 110 Å². The molecule has 2 N–H and O–H groups in total. The molecule has 1 amide bonds. The number of anilines is 1. The van der Waals surface area contributed by atoms with Gasteiger partial charge in [-0.1, -0.05) is 12.1 Å². The number of benzene rings is 1. The summed E-state index contributed by atoms with van der Waals surface area (Å²) in [6.45, 7) is 0. The highest BCUT2D eigenvalue weighted by molar-refractivity contribution is 6.09. The summed E-state index contributed by atoms with van der Waals surface area (Å²) in [6.07, 6.45) is 1.27. The summed E-state index contributed by atoms with van der Waals surface area (Å²) >= 11 is 0. The van der Waals surface area contributed by atoms with Gasteiger partial charge in [0.2, 0.25) is 0 Å². The van der Waals surface area contributed by atoms with Crippen molar-refractivity contribution < 1.29 is 14.3 Å². The molecular weight excluding hydrogens is 246 g/mol. The SMILES string of the molecule is CN/C=C(/C#N)C(=O)Nc1ccccc1C(=O)OC. The van der Waals surface area contributed by atoms with Gasteiger partial charge in [-0.2, -0.15) is 5.26 Å². The van der Waals surface area contributed by atoms with Gasteiger partial charge in [0.25, 0.3) is 5.91 Å². The standard InChI is InChI=1S/C13H13N3O3/c1-15-8-9(7-14)12(17)16-11-6-4-3-5-10(11)13(18)19-2/h3-6,8,15H,1-2H3,(H,16,17)/b9-8-. The monoisotopic (exact) mass is 259 g/mol. The number of para-hydroxylation sites is 1. The third-order valence-corrected chi connectivity index (χ3v) is 2.23. The van der Waals surface area contributed by atoms with Crippen LogP contribution in [0.25, 0.3) is 0 Å². The van der Waals surface area contributed by atoms with Crippen LogP contribution in [0.2, 0.25) is 0 Å². The van der Waals surface area contributed by atoms with Crippen LogP contribution in [0.1, 0.15) is 10.4 Å². The Morgan fingerprint density at radius 3 is 2.63 bits per heavy atom. The molecule has 0 spiro atoms. The van der Waals surface area contributed by atoms with Crippen molar-refractivity contribution in [3.8, 4) is 6.07 Å². The smallest absolute Gasteiger partial charge is 0.339 e. The van der Waals surface area contributed by atoms with Crippen LogP contribution in [0.4, 0.5) is 5.69 Å². The lowest BCUT2D eigenvalue weighted by atomic mass is 10.1. The van der Waals surface area contributed by atoms with E-state index in [0.29, 0.717) is 0 Å². The Balaban J connectivity index is 3.01. The first-order valence-corrected chi connectivity index (χ1v) is 5.40. The van der Waals surface area contributed by atoms with Crippen LogP contribution in [-0.2, 0) is 9.53 Å². The summed E-state index contributed by atoms with van der Waals surface area (Å²) in [5.41, 5.74) is 0.416. The number of nitrogens with zero attached hydrogens (tertiary/aromatic N) is 1. The van der Waals surface area contributed by atoms with E-state index in [1.54, 1.807) is 31.3 Å². The molecule has 0 aliphatic carbocycles. The number of nitrogens with one attached hydrogen (secondary N) is 2. The van der Waals surface area contributed by atoms with Crippen molar-refractivity contribution in [2.75, 3.05) is 19.5 Å². The van der Waals surface area contributed by atoms with E-state index in [9.17, 15) is 9.59 Å². The van der Waals surface area contributed by atoms with Crippen LogP contribution < -0.4 is 10.6 Å². The van der Waals surface area contributed by atoms with Crippen LogP contribution >= 0.6 is 0 Å². The van der Waals surface area contributed by atoms with E-state index in [1.807, 2.05) is 0 Å². The minimum absolute atomic E-state index is 0.0952. The quantitative estimate of drug-likeness (QED) is 0.479. The van der Waals surface area contributed by atoms with Gasteiger partial charge in [0.15, 0.2) is 0 Å². The average Bonchev–Trinajstić information content (AvgIpc) is 2.44. The highest BCUT2D eigenvalue weighted by Gasteiger charge is 2.15. The minimum atomic E-state index is -0.604. The first-order valence-electron chi connectivity index (χ1n) is 5.40. The molecule has 98 valence electrons. The largest absolute Gasteiger partial charge is 0.465 e. The zero-order chi connectivity index (χ0) is 14.3. The molecule has 0 fully saturated rings. The van der Waals surface area contributed by atoms with Crippen molar-refractivity contribution >= 4 is 17.6 Å². The van der Waals surface area contributed by atoms with Crippen LogP contribution in [-0.4, -0.2) is 26.0 Å². The fourth-order valence-corrected chi connectivity index (χ4v) is 1.36. The molecule has 6 heteroatoms. The minimum Gasteiger partial charge on any atom is -0.465 e. The number of carbonyl (C=O) groups excluding carboxylic acids is 2. The Bertz CT molecular complexity index is 558. The zero-order valence-corrected chi connectivity index (χ0v) is 10.6. The van der Waals surface area contributed by atoms with Gasteiger partial charge in [-0.05, 0) is 12.1 Å². The number of carbonyl (C=O) groups is 2. The molecule has 0 aromatic heterocycles. The van der Waals surface area contributed by atoms with Crippen molar-refractivity contribution in [2.45, 2.75) is 0 Å². The van der Waals surface area contributed by atoms with Gasteiger partial charge >= 0.3 is 5.97 Å². The van der Waals surface area contributed by atoms with Crippen LogP contribution in [0, 0.1) is 11.3 Å². The Hall–Kier alpha value is -2.81. The van der Waals surface area contributed by atoms with Crippen molar-refractivity contribution in [1.82, 2.24) is 5.32 Å². The van der Waals surface area contributed by atoms with E-state index in [4.69, 9.17) is 5.26 Å². The number of hydrogen-bond donors (Lipinski definition) is 2. The summed E-state index contributed by atoms with van der Waals surface area (Å²) in [5.74, 6) is -1.17. The van der Waals surface area contributed by atoms with Crippen molar-refractivity contribution in [3.05, 3.63) is 41.6 Å². The lowest BCUT2D eigenvalue weighted by molar-refractivity contribution is -0.112. The Kier molecular flexibility index (Phi) is 5.11. The Morgan fingerprint density at radius 2 is 2.05 bits per heavy atom. The lowest BCUT2D eigenvalue weighted by Gasteiger charge is -2.08. The molecule has 0 saturated carbocycles. The summed E-state index contributed by atoms with van der Waals surface area (Å²) in [5, 5.41) is 13.9. The molecular formula is C13H13N3O3. The topological polar surface area (TPSA) is 91.2 Å². The number of amides is 1. The molecule has 19 heavy (non-hydrogen) atoms. The fourth-order valence-electron chi connectivity index (χ4n) is 1.36. The number of methoxy groups -OCH3 is 1. The molecule has 0 heterocycles. The highest BCUT2D eigenvalue weighted by atomic mass is 16.5. The molecule has 0 bridgehead atoms. The molecule has 1 rings (SSSR count). The van der Waals surface area contributed by atoms with Crippen molar-refractivity contribution in [3.63, 3.8) is 0 Å². The van der Waals surface area contributed by atoms with Crippen LogP contribution in [0.15, 0.2) is 36.0 Å². The second-order valence-electron chi connectivity index (χ2n) is 3.45. The summed E-state index contributed by atoms with van der Waals surface area (Å²) in [7, 11) is 2.83. The van der Waals surface area contributed by atoms with Crippen LogP contribution in [0.3, 0.4) is 0 Å². The van der Waals surface area contributed by atoms with Gasteiger partial charge in [-0.15, -0.1) is 0 Å². The maximum Gasteiger partial charge on any atom is 0.339 e. The molecule has 0 radical (unpaired) electrons. The van der Waals surface area contributed by atoms with E-state index >= 15 is 0 Å². The molecule has 0 aliphatic heterocycles. The van der Waals surface area contributed by atoms with E-state index < -0.39 is 11.9 Å². The molecule has 1 aromatic carbocycles. The first-order chi connectivity index (χ1) is 9.13. The predicted octanol–water partition coefficient (Wildman–Crippen LogP) is 1.04. The van der Waals surface area contributed by atoms with Gasteiger partial charge in [0.05, 0.1) is 18.4 Å². The summed E-state index contributed by atoms with van der Waals surface area (Å²) < 4.78 is 4.61. The molecule has 1 aromatic rings. The second kappa shape index (κ2) is 6.81. The molecule has 0 unspecified atom stereocenters. The fraction of sp³-hybridized carbons (Fsp3) is 0.154. The highest BCUT2D eigenvalue weighted by Crippen LogP contribution is 2.16. The molecule has 0 aliphatic rings. The Morgan fingerprint density at radius 1 is 1.37 bits per heavy atom. The third kappa shape index (κ3) is 3.57. The lowest BCUT2D eigenvalue weighted by Crippen LogP contribution is -2.17. The van der Waals surface area contributed by atoms with E-state index in [-0.39, 0.29) is 16.8 Å². The van der Waals surface area contributed by atoms with Crippen molar-refractivity contribution in [1.29, 1.82) is 5.26 Å². The summed E-state index contributed by atoms with van der Waals surface area (Å²) in [6, 6.07) is 8.15.